The van der Waals surface area contributed by atoms with Gasteiger partial charge >= 0.3 is 0 Å². The summed E-state index contributed by atoms with van der Waals surface area (Å²) in [5.41, 5.74) is 0.686. The van der Waals surface area contributed by atoms with Crippen LogP contribution in [0.3, 0.4) is 0 Å². The first-order chi connectivity index (χ1) is 8.43. The van der Waals surface area contributed by atoms with Crippen LogP contribution < -0.4 is 4.74 Å². The van der Waals surface area contributed by atoms with Gasteiger partial charge in [0, 0.05) is 11.5 Å². The van der Waals surface area contributed by atoms with E-state index in [2.05, 4.69) is 41.7 Å². The lowest BCUT2D eigenvalue weighted by Gasteiger charge is -2.38. The fraction of sp³-hybridized carbons (Fsp3) is 0.667. The van der Waals surface area contributed by atoms with Gasteiger partial charge in [-0.05, 0) is 52.6 Å². The highest BCUT2D eigenvalue weighted by molar-refractivity contribution is 9.10. The minimum atomic E-state index is 0.293. The van der Waals surface area contributed by atoms with Crippen molar-refractivity contribution in [2.24, 2.45) is 16.7 Å². The first-order valence-corrected chi connectivity index (χ1v) is 7.52. The van der Waals surface area contributed by atoms with E-state index < -0.39 is 0 Å². The molecule has 0 amide bonds. The van der Waals surface area contributed by atoms with Crippen LogP contribution in [-0.2, 0) is 0 Å². The summed E-state index contributed by atoms with van der Waals surface area (Å²) in [4.78, 5) is 4.39. The molecule has 1 aromatic rings. The molecule has 1 heterocycles. The molecule has 2 aliphatic rings. The van der Waals surface area contributed by atoms with Crippen LogP contribution in [0.25, 0.3) is 0 Å². The predicted molar refractivity (Wildman–Crippen MR) is 75.6 cm³/mol. The highest BCUT2D eigenvalue weighted by Gasteiger charge is 2.62. The van der Waals surface area contributed by atoms with Gasteiger partial charge in [-0.1, -0.05) is 26.8 Å². The third-order valence-corrected chi connectivity index (χ3v) is 6.11. The maximum atomic E-state index is 6.19. The number of fused-ring (bicyclic) bond motifs is 2. The zero-order valence-corrected chi connectivity index (χ0v) is 12.8. The Kier molecular flexibility index (Phi) is 2.74. The Hall–Kier alpha value is -0.570. The van der Waals surface area contributed by atoms with Crippen LogP contribution in [0.5, 0.6) is 5.88 Å². The maximum absolute atomic E-state index is 6.19. The second kappa shape index (κ2) is 3.96. The summed E-state index contributed by atoms with van der Waals surface area (Å²) in [5, 5.41) is 0. The summed E-state index contributed by atoms with van der Waals surface area (Å²) in [7, 11) is 0. The number of ether oxygens (including phenoxy) is 1. The van der Waals surface area contributed by atoms with Crippen molar-refractivity contribution in [1.82, 2.24) is 4.98 Å². The number of halogens is 1. The van der Waals surface area contributed by atoms with Crippen LogP contribution in [0.4, 0.5) is 0 Å². The molecule has 0 aromatic carbocycles. The van der Waals surface area contributed by atoms with Crippen LogP contribution in [0, 0.1) is 16.7 Å². The van der Waals surface area contributed by atoms with Crippen LogP contribution in [0.1, 0.15) is 40.0 Å². The van der Waals surface area contributed by atoms with E-state index in [0.717, 1.165) is 16.4 Å². The summed E-state index contributed by atoms with van der Waals surface area (Å²) in [6, 6.07) is 5.86. The average Bonchev–Trinajstić information content (AvgIpc) is 2.62. The van der Waals surface area contributed by atoms with Crippen LogP contribution in [0.2, 0.25) is 0 Å². The molecule has 0 spiro atoms. The van der Waals surface area contributed by atoms with Gasteiger partial charge in [0.25, 0.3) is 0 Å². The Bertz CT molecular complexity index is 473. The lowest BCUT2D eigenvalue weighted by atomic mass is 9.70. The molecule has 0 saturated heterocycles. The third kappa shape index (κ3) is 1.63. The zero-order chi connectivity index (χ0) is 13.0. The van der Waals surface area contributed by atoms with Gasteiger partial charge in [-0.3, -0.25) is 0 Å². The lowest BCUT2D eigenvalue weighted by molar-refractivity contribution is 0.0272. The van der Waals surface area contributed by atoms with E-state index in [-0.39, 0.29) is 0 Å². The molecule has 0 N–H and O–H groups in total. The maximum Gasteiger partial charge on any atom is 0.214 e. The monoisotopic (exact) mass is 309 g/mol. The van der Waals surface area contributed by atoms with Gasteiger partial charge in [-0.15, -0.1) is 0 Å². The standard InChI is InChI=1S/C15H20BrNO/c1-14(2)10-7-8-15(14,3)11(9-10)18-13-6-4-5-12(16)17-13/h4-6,10-11H,7-9H2,1-3H3. The number of rotatable bonds is 2. The van der Waals surface area contributed by atoms with Crippen molar-refractivity contribution in [3.63, 3.8) is 0 Å². The number of hydrogen-bond acceptors (Lipinski definition) is 2. The molecule has 0 radical (unpaired) electrons. The molecule has 2 nitrogen and oxygen atoms in total. The minimum absolute atomic E-state index is 0.293. The summed E-state index contributed by atoms with van der Waals surface area (Å²) in [6.07, 6.45) is 4.13. The Morgan fingerprint density at radius 2 is 2.11 bits per heavy atom. The van der Waals surface area contributed by atoms with Crippen molar-refractivity contribution in [1.29, 1.82) is 0 Å². The summed E-state index contributed by atoms with van der Waals surface area (Å²) in [6.45, 7) is 7.20. The van der Waals surface area contributed by atoms with E-state index in [9.17, 15) is 0 Å². The molecule has 2 fully saturated rings. The first-order valence-electron chi connectivity index (χ1n) is 6.73. The fourth-order valence-electron chi connectivity index (χ4n) is 3.91. The Balaban J connectivity index is 1.84. The average molecular weight is 310 g/mol. The van der Waals surface area contributed by atoms with Crippen molar-refractivity contribution < 1.29 is 4.74 Å². The van der Waals surface area contributed by atoms with Crippen molar-refractivity contribution in [2.75, 3.05) is 0 Å². The molecule has 3 atom stereocenters. The van der Waals surface area contributed by atoms with Gasteiger partial charge < -0.3 is 4.74 Å². The normalized spacial score (nSPS) is 36.9. The minimum Gasteiger partial charge on any atom is -0.474 e. The zero-order valence-electron chi connectivity index (χ0n) is 11.2. The van der Waals surface area contributed by atoms with Crippen LogP contribution in [-0.4, -0.2) is 11.1 Å². The van der Waals surface area contributed by atoms with Crippen molar-refractivity contribution in [2.45, 2.75) is 46.1 Å². The molecule has 1 aromatic heterocycles. The quantitative estimate of drug-likeness (QED) is 0.754. The van der Waals surface area contributed by atoms with Gasteiger partial charge in [0.15, 0.2) is 0 Å². The summed E-state index contributed by atoms with van der Waals surface area (Å²) in [5.74, 6) is 1.55. The van der Waals surface area contributed by atoms with Crippen molar-refractivity contribution in [3.8, 4) is 5.88 Å². The summed E-state index contributed by atoms with van der Waals surface area (Å²) >= 11 is 3.40. The largest absolute Gasteiger partial charge is 0.474 e. The van der Waals surface area contributed by atoms with Gasteiger partial charge in [0.2, 0.25) is 5.88 Å². The predicted octanol–water partition coefficient (Wildman–Crippen LogP) is 4.44. The Morgan fingerprint density at radius 1 is 1.33 bits per heavy atom. The molecular weight excluding hydrogens is 290 g/mol. The number of hydrogen-bond donors (Lipinski definition) is 0. The summed E-state index contributed by atoms with van der Waals surface area (Å²) < 4.78 is 7.03. The molecule has 3 unspecified atom stereocenters. The number of aromatic nitrogens is 1. The van der Waals surface area contributed by atoms with E-state index in [1.165, 1.54) is 19.3 Å². The van der Waals surface area contributed by atoms with E-state index in [4.69, 9.17) is 4.74 Å². The SMILES string of the molecule is CC1(C)C2CCC1(C)C(Oc1cccc(Br)n1)C2. The van der Waals surface area contributed by atoms with Gasteiger partial charge in [-0.2, -0.15) is 0 Å². The topological polar surface area (TPSA) is 22.1 Å². The smallest absolute Gasteiger partial charge is 0.214 e. The molecular formula is C15H20BrNO. The van der Waals surface area contributed by atoms with E-state index in [0.29, 0.717) is 16.9 Å². The van der Waals surface area contributed by atoms with Gasteiger partial charge in [-0.25, -0.2) is 4.98 Å². The van der Waals surface area contributed by atoms with E-state index >= 15 is 0 Å². The highest BCUT2D eigenvalue weighted by Crippen LogP contribution is 2.66. The van der Waals surface area contributed by atoms with Gasteiger partial charge in [0.05, 0.1) is 0 Å². The molecule has 18 heavy (non-hydrogen) atoms. The lowest BCUT2D eigenvalue weighted by Crippen LogP contribution is -2.39. The molecule has 3 rings (SSSR count). The van der Waals surface area contributed by atoms with Crippen molar-refractivity contribution in [3.05, 3.63) is 22.8 Å². The second-order valence-electron chi connectivity index (χ2n) is 6.52. The first kappa shape index (κ1) is 12.5. The highest BCUT2D eigenvalue weighted by atomic mass is 79.9. The molecule has 3 heteroatoms. The van der Waals surface area contributed by atoms with Crippen LogP contribution >= 0.6 is 15.9 Å². The molecule has 2 aliphatic carbocycles. The van der Waals surface area contributed by atoms with E-state index in [1.54, 1.807) is 0 Å². The van der Waals surface area contributed by atoms with E-state index in [1.807, 2.05) is 18.2 Å². The van der Waals surface area contributed by atoms with Crippen molar-refractivity contribution >= 4 is 15.9 Å². The molecule has 2 saturated carbocycles. The molecule has 2 bridgehead atoms. The van der Waals surface area contributed by atoms with Crippen LogP contribution in [0.15, 0.2) is 22.8 Å². The Morgan fingerprint density at radius 3 is 2.67 bits per heavy atom. The molecule has 98 valence electrons. The second-order valence-corrected chi connectivity index (χ2v) is 7.33. The van der Waals surface area contributed by atoms with Gasteiger partial charge in [0.1, 0.15) is 10.7 Å². The Labute approximate surface area is 117 Å². The molecule has 0 aliphatic heterocycles. The number of pyridine rings is 1. The fourth-order valence-corrected chi connectivity index (χ4v) is 4.24. The third-order valence-electron chi connectivity index (χ3n) is 5.67. The number of nitrogens with zero attached hydrogens (tertiary/aromatic N) is 1.